The third-order valence-corrected chi connectivity index (χ3v) is 2.67. The van der Waals surface area contributed by atoms with Crippen LogP contribution in [-0.4, -0.2) is 41.8 Å². The maximum absolute atomic E-state index is 11.7. The molecule has 0 aromatic heterocycles. The van der Waals surface area contributed by atoms with Gasteiger partial charge in [-0.1, -0.05) is 6.07 Å². The number of carbonyl (C=O) groups is 1. The van der Waals surface area contributed by atoms with Crippen LogP contribution < -0.4 is 10.1 Å². The number of nitrogens with zero attached hydrogens (tertiary/aromatic N) is 1. The number of hydrogen-bond donors (Lipinski definition) is 2. The summed E-state index contributed by atoms with van der Waals surface area (Å²) in [5.74, 6) is 0.693. The minimum absolute atomic E-state index is 0.204. The van der Waals surface area contributed by atoms with Crippen LogP contribution in [0.2, 0.25) is 0 Å². The lowest BCUT2D eigenvalue weighted by molar-refractivity contribution is -0.0581. The van der Waals surface area contributed by atoms with Crippen LogP contribution in [0.3, 0.4) is 0 Å². The monoisotopic (exact) mass is 236 g/mol. The highest BCUT2D eigenvalue weighted by atomic mass is 16.5. The zero-order valence-electron chi connectivity index (χ0n) is 9.93. The van der Waals surface area contributed by atoms with E-state index in [9.17, 15) is 9.90 Å². The second-order valence-electron chi connectivity index (χ2n) is 4.52. The Bertz CT molecular complexity index is 424. The number of carbonyl (C=O) groups excluding carboxylic acids is 1. The van der Waals surface area contributed by atoms with Crippen molar-refractivity contribution in [2.24, 2.45) is 0 Å². The molecule has 0 unspecified atom stereocenters. The van der Waals surface area contributed by atoms with E-state index in [1.165, 1.54) is 0 Å². The van der Waals surface area contributed by atoms with Crippen LogP contribution in [0.15, 0.2) is 24.3 Å². The second kappa shape index (κ2) is 4.25. The number of rotatable bonds is 2. The number of aliphatic hydroxyl groups is 1. The van der Waals surface area contributed by atoms with Crippen molar-refractivity contribution in [2.45, 2.75) is 12.5 Å². The number of nitrogens with one attached hydrogen (secondary N) is 1. The molecule has 5 heteroatoms. The summed E-state index contributed by atoms with van der Waals surface area (Å²) in [6.45, 7) is 2.44. The molecule has 2 N–H and O–H groups in total. The maximum atomic E-state index is 11.7. The molecule has 0 bridgehead atoms. The molecule has 2 amide bonds. The Morgan fingerprint density at radius 3 is 2.82 bits per heavy atom. The molecule has 92 valence electrons. The Balaban J connectivity index is 1.94. The van der Waals surface area contributed by atoms with E-state index < -0.39 is 5.60 Å². The molecule has 1 saturated heterocycles. The van der Waals surface area contributed by atoms with Crippen LogP contribution in [0.1, 0.15) is 6.92 Å². The number of urea groups is 1. The number of benzene rings is 1. The Hall–Kier alpha value is -1.75. The lowest BCUT2D eigenvalue weighted by Gasteiger charge is -2.43. The zero-order chi connectivity index (χ0) is 12.5. The van der Waals surface area contributed by atoms with Crippen molar-refractivity contribution in [1.82, 2.24) is 4.90 Å². The molecule has 1 aliphatic heterocycles. The molecule has 1 aliphatic rings. The molecule has 17 heavy (non-hydrogen) atoms. The van der Waals surface area contributed by atoms with E-state index in [4.69, 9.17) is 4.74 Å². The summed E-state index contributed by atoms with van der Waals surface area (Å²) in [6.07, 6.45) is 0. The minimum Gasteiger partial charge on any atom is -0.497 e. The zero-order valence-corrected chi connectivity index (χ0v) is 9.93. The molecule has 1 heterocycles. The fourth-order valence-corrected chi connectivity index (χ4v) is 1.82. The average molecular weight is 236 g/mol. The van der Waals surface area contributed by atoms with Crippen molar-refractivity contribution < 1.29 is 14.6 Å². The number of hydrogen-bond acceptors (Lipinski definition) is 3. The van der Waals surface area contributed by atoms with Gasteiger partial charge < -0.3 is 20.1 Å². The van der Waals surface area contributed by atoms with Gasteiger partial charge in [0.15, 0.2) is 0 Å². The maximum Gasteiger partial charge on any atom is 0.322 e. The van der Waals surface area contributed by atoms with Crippen LogP contribution in [0.5, 0.6) is 5.75 Å². The van der Waals surface area contributed by atoms with Crippen molar-refractivity contribution in [3.8, 4) is 5.75 Å². The summed E-state index contributed by atoms with van der Waals surface area (Å²) in [6, 6.07) is 6.95. The first-order chi connectivity index (χ1) is 8.00. The van der Waals surface area contributed by atoms with Crippen molar-refractivity contribution in [1.29, 1.82) is 0 Å². The van der Waals surface area contributed by atoms with Crippen LogP contribution in [0.4, 0.5) is 10.5 Å². The third kappa shape index (κ3) is 2.68. The number of amides is 2. The number of likely N-dealkylation sites (tertiary alicyclic amines) is 1. The lowest BCUT2D eigenvalue weighted by Crippen LogP contribution is -2.62. The molecule has 0 atom stereocenters. The van der Waals surface area contributed by atoms with Crippen molar-refractivity contribution >= 4 is 11.7 Å². The second-order valence-corrected chi connectivity index (χ2v) is 4.52. The van der Waals surface area contributed by atoms with Crippen LogP contribution in [0.25, 0.3) is 0 Å². The summed E-state index contributed by atoms with van der Waals surface area (Å²) in [7, 11) is 1.58. The molecule has 1 fully saturated rings. The quantitative estimate of drug-likeness (QED) is 0.813. The lowest BCUT2D eigenvalue weighted by atomic mass is 9.98. The first-order valence-electron chi connectivity index (χ1n) is 5.42. The van der Waals surface area contributed by atoms with Gasteiger partial charge in [-0.15, -0.1) is 0 Å². The van der Waals surface area contributed by atoms with E-state index in [0.717, 1.165) is 0 Å². The highest BCUT2D eigenvalue weighted by Crippen LogP contribution is 2.22. The highest BCUT2D eigenvalue weighted by molar-refractivity contribution is 5.90. The highest BCUT2D eigenvalue weighted by Gasteiger charge is 2.39. The Morgan fingerprint density at radius 1 is 1.53 bits per heavy atom. The molecule has 1 aromatic carbocycles. The van der Waals surface area contributed by atoms with E-state index >= 15 is 0 Å². The Kier molecular flexibility index (Phi) is 2.93. The van der Waals surface area contributed by atoms with Crippen molar-refractivity contribution in [3.05, 3.63) is 24.3 Å². The van der Waals surface area contributed by atoms with E-state index in [2.05, 4.69) is 5.32 Å². The van der Waals surface area contributed by atoms with E-state index in [1.807, 2.05) is 6.07 Å². The average Bonchev–Trinajstić information content (AvgIpc) is 2.26. The Labute approximate surface area is 100.0 Å². The number of ether oxygens (including phenoxy) is 1. The standard InChI is InChI=1S/C12H16N2O3/c1-12(16)7-14(8-12)11(15)13-9-4-3-5-10(6-9)17-2/h3-6,16H,7-8H2,1-2H3,(H,13,15). The molecule has 0 saturated carbocycles. The van der Waals surface area contributed by atoms with Gasteiger partial charge in [-0.25, -0.2) is 4.79 Å². The fraction of sp³-hybridized carbons (Fsp3) is 0.417. The van der Waals surface area contributed by atoms with Crippen LogP contribution in [-0.2, 0) is 0 Å². The molecular formula is C12H16N2O3. The Morgan fingerprint density at radius 2 is 2.24 bits per heavy atom. The van der Waals surface area contributed by atoms with Gasteiger partial charge in [-0.05, 0) is 19.1 Å². The van der Waals surface area contributed by atoms with E-state index in [0.29, 0.717) is 24.5 Å². The summed E-state index contributed by atoms with van der Waals surface area (Å²) in [5, 5.41) is 12.3. The van der Waals surface area contributed by atoms with Gasteiger partial charge >= 0.3 is 6.03 Å². The van der Waals surface area contributed by atoms with Crippen LogP contribution >= 0.6 is 0 Å². The molecule has 1 aromatic rings. The number of anilines is 1. The summed E-state index contributed by atoms with van der Waals surface area (Å²) in [4.78, 5) is 13.3. The summed E-state index contributed by atoms with van der Waals surface area (Å²) < 4.78 is 5.07. The smallest absolute Gasteiger partial charge is 0.322 e. The number of β-amino-alcohol motifs (C(OH)–C–C–N with tert-alkyl or cyclic N) is 1. The minimum atomic E-state index is -0.744. The van der Waals surface area contributed by atoms with Gasteiger partial charge in [0, 0.05) is 11.8 Å². The van der Waals surface area contributed by atoms with Crippen LogP contribution in [0, 0.1) is 0 Å². The normalized spacial score (nSPS) is 17.2. The van der Waals surface area contributed by atoms with Gasteiger partial charge in [-0.3, -0.25) is 0 Å². The predicted octanol–water partition coefficient (Wildman–Crippen LogP) is 1.29. The van der Waals surface area contributed by atoms with E-state index in [1.54, 1.807) is 37.1 Å². The molecule has 0 aliphatic carbocycles. The van der Waals surface area contributed by atoms with Gasteiger partial charge in [0.25, 0.3) is 0 Å². The van der Waals surface area contributed by atoms with Gasteiger partial charge in [-0.2, -0.15) is 0 Å². The molecule has 0 radical (unpaired) electrons. The predicted molar refractivity (Wildman–Crippen MR) is 64.2 cm³/mol. The summed E-state index contributed by atoms with van der Waals surface area (Å²) >= 11 is 0. The third-order valence-electron chi connectivity index (χ3n) is 2.67. The topological polar surface area (TPSA) is 61.8 Å². The molecule has 5 nitrogen and oxygen atoms in total. The summed E-state index contributed by atoms with van der Waals surface area (Å²) in [5.41, 5.74) is -0.0629. The first-order valence-corrected chi connectivity index (χ1v) is 5.42. The molecule has 0 spiro atoms. The molecule has 2 rings (SSSR count). The molecular weight excluding hydrogens is 220 g/mol. The van der Waals surface area contributed by atoms with Gasteiger partial charge in [0.05, 0.1) is 25.8 Å². The van der Waals surface area contributed by atoms with Gasteiger partial charge in [0.1, 0.15) is 5.75 Å². The first kappa shape index (κ1) is 11.7. The number of methoxy groups -OCH3 is 1. The fourth-order valence-electron chi connectivity index (χ4n) is 1.82. The van der Waals surface area contributed by atoms with E-state index in [-0.39, 0.29) is 6.03 Å². The van der Waals surface area contributed by atoms with Gasteiger partial charge in [0.2, 0.25) is 0 Å². The van der Waals surface area contributed by atoms with Crippen molar-refractivity contribution in [3.63, 3.8) is 0 Å². The van der Waals surface area contributed by atoms with Crippen molar-refractivity contribution in [2.75, 3.05) is 25.5 Å². The SMILES string of the molecule is COc1cccc(NC(=O)N2CC(C)(O)C2)c1. The largest absolute Gasteiger partial charge is 0.497 e.